The molecule has 0 aliphatic heterocycles. The summed E-state index contributed by atoms with van der Waals surface area (Å²) in [7, 11) is 0. The smallest absolute Gasteiger partial charge is 0.0398 e. The summed E-state index contributed by atoms with van der Waals surface area (Å²) in [6.07, 6.45) is 5.19. The first-order valence-corrected chi connectivity index (χ1v) is 8.66. The molecular formula is C18H29Br. The lowest BCUT2D eigenvalue weighted by molar-refractivity contribution is 0.658. The Morgan fingerprint density at radius 2 is 1.63 bits per heavy atom. The van der Waals surface area contributed by atoms with Crippen molar-refractivity contribution in [3.8, 4) is 0 Å². The molecule has 1 unspecified atom stereocenters. The minimum absolute atomic E-state index is 0.512. The van der Waals surface area contributed by atoms with E-state index < -0.39 is 0 Å². The van der Waals surface area contributed by atoms with Crippen LogP contribution in [0.15, 0.2) is 18.2 Å². The summed E-state index contributed by atoms with van der Waals surface area (Å²) < 4.78 is 0. The van der Waals surface area contributed by atoms with Gasteiger partial charge in [-0.1, -0.05) is 88.0 Å². The Balaban J connectivity index is 2.92. The van der Waals surface area contributed by atoms with Gasteiger partial charge < -0.3 is 0 Å². The van der Waals surface area contributed by atoms with Gasteiger partial charge in [-0.2, -0.15) is 0 Å². The predicted molar refractivity (Wildman–Crippen MR) is 90.4 cm³/mol. The Bertz CT molecular complexity index is 379. The molecule has 0 bridgehead atoms. The normalized spacial score (nSPS) is 13.3. The van der Waals surface area contributed by atoms with Crippen molar-refractivity contribution >= 4 is 15.9 Å². The molecule has 0 aromatic heterocycles. The highest BCUT2D eigenvalue weighted by Crippen LogP contribution is 2.35. The van der Waals surface area contributed by atoms with E-state index in [2.05, 4.69) is 68.7 Å². The minimum Gasteiger partial charge on any atom is -0.0839 e. The maximum Gasteiger partial charge on any atom is 0.0398 e. The van der Waals surface area contributed by atoms with Gasteiger partial charge >= 0.3 is 0 Å². The number of rotatable bonds is 7. The summed E-state index contributed by atoms with van der Waals surface area (Å²) in [5.41, 5.74) is 4.47. The van der Waals surface area contributed by atoms with E-state index in [4.69, 9.17) is 0 Å². The summed E-state index contributed by atoms with van der Waals surface area (Å²) in [6, 6.07) is 7.06. The standard InChI is InChI=1S/C18H29Br/c1-6-7-8-9-18(19)16-11-10-15(13(2)3)12-17(16)14(4)5/h10-14,18H,6-9H2,1-5H3. The molecule has 1 heteroatoms. The first-order chi connectivity index (χ1) is 8.97. The van der Waals surface area contributed by atoms with Gasteiger partial charge in [-0.05, 0) is 34.9 Å². The van der Waals surface area contributed by atoms with E-state index in [0.29, 0.717) is 16.7 Å². The van der Waals surface area contributed by atoms with Gasteiger partial charge in [0.05, 0.1) is 0 Å². The van der Waals surface area contributed by atoms with E-state index in [1.165, 1.54) is 42.4 Å². The third-order valence-electron chi connectivity index (χ3n) is 3.80. The van der Waals surface area contributed by atoms with Crippen molar-refractivity contribution in [2.24, 2.45) is 0 Å². The topological polar surface area (TPSA) is 0 Å². The molecule has 108 valence electrons. The van der Waals surface area contributed by atoms with E-state index in [-0.39, 0.29) is 0 Å². The lowest BCUT2D eigenvalue weighted by Crippen LogP contribution is -2.02. The van der Waals surface area contributed by atoms with Crippen molar-refractivity contribution in [1.82, 2.24) is 0 Å². The second-order valence-corrected chi connectivity index (χ2v) is 7.27. The maximum atomic E-state index is 3.90. The van der Waals surface area contributed by atoms with Crippen LogP contribution < -0.4 is 0 Å². The van der Waals surface area contributed by atoms with Gasteiger partial charge in [0, 0.05) is 4.83 Å². The van der Waals surface area contributed by atoms with Crippen molar-refractivity contribution in [2.45, 2.75) is 77.0 Å². The monoisotopic (exact) mass is 324 g/mol. The van der Waals surface area contributed by atoms with Crippen LogP contribution >= 0.6 is 15.9 Å². The Morgan fingerprint density at radius 3 is 2.16 bits per heavy atom. The number of unbranched alkanes of at least 4 members (excludes halogenated alkanes) is 2. The average Bonchev–Trinajstić information content (AvgIpc) is 2.38. The van der Waals surface area contributed by atoms with Crippen molar-refractivity contribution < 1.29 is 0 Å². The highest BCUT2D eigenvalue weighted by atomic mass is 79.9. The Morgan fingerprint density at radius 1 is 0.947 bits per heavy atom. The van der Waals surface area contributed by atoms with Crippen LogP contribution in [-0.4, -0.2) is 0 Å². The Labute approximate surface area is 128 Å². The predicted octanol–water partition coefficient (Wildman–Crippen LogP) is 6.95. The molecule has 0 amide bonds. The van der Waals surface area contributed by atoms with E-state index in [9.17, 15) is 0 Å². The van der Waals surface area contributed by atoms with E-state index in [0.717, 1.165) is 0 Å². The molecule has 0 heterocycles. The number of halogens is 1. The van der Waals surface area contributed by atoms with Crippen molar-refractivity contribution in [3.63, 3.8) is 0 Å². The summed E-state index contributed by atoms with van der Waals surface area (Å²) >= 11 is 3.90. The van der Waals surface area contributed by atoms with Crippen molar-refractivity contribution in [2.75, 3.05) is 0 Å². The van der Waals surface area contributed by atoms with Gasteiger partial charge in [-0.15, -0.1) is 0 Å². The zero-order chi connectivity index (χ0) is 14.4. The second kappa shape index (κ2) is 8.09. The van der Waals surface area contributed by atoms with Crippen LogP contribution in [0.25, 0.3) is 0 Å². The molecule has 0 saturated carbocycles. The van der Waals surface area contributed by atoms with E-state index in [1.807, 2.05) is 0 Å². The molecule has 0 saturated heterocycles. The van der Waals surface area contributed by atoms with Gasteiger partial charge in [-0.3, -0.25) is 0 Å². The van der Waals surface area contributed by atoms with Crippen LogP contribution in [0.3, 0.4) is 0 Å². The third kappa shape index (κ3) is 4.95. The van der Waals surface area contributed by atoms with Crippen LogP contribution in [-0.2, 0) is 0 Å². The van der Waals surface area contributed by atoms with Gasteiger partial charge in [0.1, 0.15) is 0 Å². The van der Waals surface area contributed by atoms with Crippen LogP contribution in [0, 0.1) is 0 Å². The highest BCUT2D eigenvalue weighted by Gasteiger charge is 2.15. The molecule has 1 aromatic carbocycles. The molecule has 0 radical (unpaired) electrons. The summed E-state index contributed by atoms with van der Waals surface area (Å²) in [4.78, 5) is 0.512. The van der Waals surface area contributed by atoms with Gasteiger partial charge in [0.2, 0.25) is 0 Å². The summed E-state index contributed by atoms with van der Waals surface area (Å²) in [5, 5.41) is 0. The fourth-order valence-corrected chi connectivity index (χ4v) is 3.21. The highest BCUT2D eigenvalue weighted by molar-refractivity contribution is 9.09. The van der Waals surface area contributed by atoms with E-state index in [1.54, 1.807) is 0 Å². The first kappa shape index (κ1) is 16.8. The molecular weight excluding hydrogens is 296 g/mol. The van der Waals surface area contributed by atoms with Crippen LogP contribution in [0.1, 0.15) is 93.7 Å². The number of benzene rings is 1. The van der Waals surface area contributed by atoms with Crippen molar-refractivity contribution in [1.29, 1.82) is 0 Å². The molecule has 19 heavy (non-hydrogen) atoms. The van der Waals surface area contributed by atoms with Crippen LogP contribution in [0.5, 0.6) is 0 Å². The molecule has 1 rings (SSSR count). The molecule has 0 nitrogen and oxygen atoms in total. The van der Waals surface area contributed by atoms with Gasteiger partial charge in [-0.25, -0.2) is 0 Å². The molecule has 0 N–H and O–H groups in total. The molecule has 1 atom stereocenters. The SMILES string of the molecule is CCCCCC(Br)c1ccc(C(C)C)cc1C(C)C. The third-order valence-corrected chi connectivity index (χ3v) is 4.75. The second-order valence-electron chi connectivity index (χ2n) is 6.16. The zero-order valence-corrected chi connectivity index (χ0v) is 14.8. The number of alkyl halides is 1. The molecule has 0 aliphatic rings. The van der Waals surface area contributed by atoms with Crippen LogP contribution in [0.2, 0.25) is 0 Å². The molecule has 0 fully saturated rings. The van der Waals surface area contributed by atoms with E-state index >= 15 is 0 Å². The zero-order valence-electron chi connectivity index (χ0n) is 13.2. The number of hydrogen-bond donors (Lipinski definition) is 0. The number of hydrogen-bond acceptors (Lipinski definition) is 0. The summed E-state index contributed by atoms with van der Waals surface area (Å²) in [6.45, 7) is 11.4. The largest absolute Gasteiger partial charge is 0.0839 e. The fourth-order valence-electron chi connectivity index (χ4n) is 2.47. The van der Waals surface area contributed by atoms with Gasteiger partial charge in [0.15, 0.2) is 0 Å². The maximum absolute atomic E-state index is 3.90. The Kier molecular flexibility index (Phi) is 7.13. The quantitative estimate of drug-likeness (QED) is 0.376. The molecule has 0 spiro atoms. The first-order valence-electron chi connectivity index (χ1n) is 7.75. The fraction of sp³-hybridized carbons (Fsp3) is 0.667. The lowest BCUT2D eigenvalue weighted by atomic mass is 9.89. The van der Waals surface area contributed by atoms with Crippen molar-refractivity contribution in [3.05, 3.63) is 34.9 Å². The molecule has 0 aliphatic carbocycles. The minimum atomic E-state index is 0.512. The summed E-state index contributed by atoms with van der Waals surface area (Å²) in [5.74, 6) is 1.21. The molecule has 1 aromatic rings. The van der Waals surface area contributed by atoms with Crippen LogP contribution in [0.4, 0.5) is 0 Å². The average molecular weight is 325 g/mol. The van der Waals surface area contributed by atoms with Gasteiger partial charge in [0.25, 0.3) is 0 Å². The Hall–Kier alpha value is -0.300. The lowest BCUT2D eigenvalue weighted by Gasteiger charge is -2.20.